The number of aliphatic imine (C=N–C) groups is 1. The van der Waals surface area contributed by atoms with Crippen molar-refractivity contribution in [1.29, 1.82) is 0 Å². The lowest BCUT2D eigenvalue weighted by Crippen LogP contribution is -2.47. The van der Waals surface area contributed by atoms with Gasteiger partial charge < -0.3 is 20.3 Å². The molecule has 1 aliphatic heterocycles. The smallest absolute Gasteiger partial charge is 0.191 e. The topological polar surface area (TPSA) is 61.8 Å². The molecule has 1 aromatic carbocycles. The summed E-state index contributed by atoms with van der Waals surface area (Å²) >= 11 is 0. The van der Waals surface area contributed by atoms with Crippen molar-refractivity contribution in [2.24, 2.45) is 4.99 Å². The van der Waals surface area contributed by atoms with Crippen molar-refractivity contribution in [3.63, 3.8) is 0 Å². The van der Waals surface area contributed by atoms with E-state index in [-0.39, 0.29) is 18.0 Å². The minimum absolute atomic E-state index is 0.0102. The van der Waals surface area contributed by atoms with Crippen LogP contribution in [-0.2, 0) is 0 Å². The molecule has 1 fully saturated rings. The summed E-state index contributed by atoms with van der Waals surface area (Å²) in [4.78, 5) is 10.4. The number of anilines is 1. The van der Waals surface area contributed by atoms with Gasteiger partial charge in [-0.1, -0.05) is 17.7 Å². The second-order valence-electron chi connectivity index (χ2n) is 7.08. The van der Waals surface area contributed by atoms with Crippen molar-refractivity contribution < 1.29 is 9.13 Å². The summed E-state index contributed by atoms with van der Waals surface area (Å²) < 4.78 is 19.9. The molecule has 0 amide bonds. The third kappa shape index (κ3) is 5.34. The molecule has 0 aliphatic carbocycles. The number of nitrogens with one attached hydrogen (secondary N) is 2. The molecule has 1 aromatic heterocycles. The van der Waals surface area contributed by atoms with Gasteiger partial charge in [0.25, 0.3) is 0 Å². The number of aryl methyl sites for hydroxylation is 1. The van der Waals surface area contributed by atoms with Gasteiger partial charge in [0.15, 0.2) is 17.6 Å². The van der Waals surface area contributed by atoms with E-state index in [9.17, 15) is 4.39 Å². The second-order valence-corrected chi connectivity index (χ2v) is 7.08. The number of aromatic nitrogens is 1. The highest BCUT2D eigenvalue weighted by Gasteiger charge is 2.26. The highest BCUT2D eigenvalue weighted by Crippen LogP contribution is 2.20. The van der Waals surface area contributed by atoms with Crippen molar-refractivity contribution in [3.8, 4) is 5.75 Å². The first-order valence-electron chi connectivity index (χ1n) is 9.61. The van der Waals surface area contributed by atoms with Crippen LogP contribution in [0.25, 0.3) is 0 Å². The Morgan fingerprint density at radius 2 is 2.14 bits per heavy atom. The minimum atomic E-state index is -0.285. The lowest BCUT2D eigenvalue weighted by molar-refractivity contribution is 0.223. The maximum atomic E-state index is 13.9. The van der Waals surface area contributed by atoms with Gasteiger partial charge in [-0.25, -0.2) is 9.37 Å². The van der Waals surface area contributed by atoms with Crippen LogP contribution in [0.1, 0.15) is 18.9 Å². The Morgan fingerprint density at radius 3 is 2.86 bits per heavy atom. The number of hydrogen-bond acceptors (Lipinski definition) is 4. The van der Waals surface area contributed by atoms with E-state index in [1.807, 2.05) is 36.1 Å². The molecule has 2 unspecified atom stereocenters. The number of pyridine rings is 1. The van der Waals surface area contributed by atoms with Crippen LogP contribution in [0.5, 0.6) is 5.75 Å². The summed E-state index contributed by atoms with van der Waals surface area (Å²) in [5.41, 5.74) is 1.21. The largest absolute Gasteiger partial charge is 0.489 e. The normalized spacial score (nSPS) is 18.1. The summed E-state index contributed by atoms with van der Waals surface area (Å²) in [6.45, 7) is 6.14. The van der Waals surface area contributed by atoms with Crippen molar-refractivity contribution >= 4 is 11.8 Å². The predicted octanol–water partition coefficient (Wildman–Crippen LogP) is 2.74. The average molecular weight is 385 g/mol. The lowest BCUT2D eigenvalue weighted by atomic mass is 10.2. The zero-order valence-corrected chi connectivity index (χ0v) is 16.7. The van der Waals surface area contributed by atoms with Crippen LogP contribution in [-0.4, -0.2) is 49.8 Å². The number of guanidine groups is 1. The first-order valence-corrected chi connectivity index (χ1v) is 9.61. The summed E-state index contributed by atoms with van der Waals surface area (Å²) in [6, 6.07) is 11.3. The fourth-order valence-corrected chi connectivity index (χ4v) is 3.20. The number of ether oxygens (including phenoxy) is 1. The van der Waals surface area contributed by atoms with Crippen LogP contribution in [0.15, 0.2) is 47.6 Å². The minimum Gasteiger partial charge on any atom is -0.489 e. The number of benzene rings is 1. The van der Waals surface area contributed by atoms with Gasteiger partial charge in [0.2, 0.25) is 0 Å². The van der Waals surface area contributed by atoms with E-state index < -0.39 is 0 Å². The average Bonchev–Trinajstić information content (AvgIpc) is 3.15. The fraction of sp³-hybridized carbons (Fsp3) is 0.429. The highest BCUT2D eigenvalue weighted by molar-refractivity contribution is 5.80. The number of rotatable bonds is 6. The Morgan fingerprint density at radius 1 is 1.36 bits per heavy atom. The zero-order valence-electron chi connectivity index (χ0n) is 16.7. The first-order chi connectivity index (χ1) is 13.5. The molecule has 28 heavy (non-hydrogen) atoms. The molecule has 0 spiro atoms. The fourth-order valence-electron chi connectivity index (χ4n) is 3.20. The molecule has 2 N–H and O–H groups in total. The standard InChI is InChI=1S/C21H28FN5O/c1-15-6-8-18(9-7-15)28-16(2)13-25-21(23-3)26-17-10-12-27(14-17)20-19(22)5-4-11-24-20/h4-9,11,16-17H,10,12-14H2,1-3H3,(H2,23,25,26). The number of nitrogens with zero attached hydrogens (tertiary/aromatic N) is 3. The first kappa shape index (κ1) is 19.9. The Bertz CT molecular complexity index is 796. The third-order valence-corrected chi connectivity index (χ3v) is 4.71. The van der Waals surface area contributed by atoms with Crippen LogP contribution < -0.4 is 20.3 Å². The van der Waals surface area contributed by atoms with Gasteiger partial charge in [0.05, 0.1) is 6.54 Å². The third-order valence-electron chi connectivity index (χ3n) is 4.71. The van der Waals surface area contributed by atoms with Gasteiger partial charge in [-0.3, -0.25) is 4.99 Å². The van der Waals surface area contributed by atoms with E-state index in [0.717, 1.165) is 18.7 Å². The van der Waals surface area contributed by atoms with Gasteiger partial charge in [-0.2, -0.15) is 0 Å². The maximum absolute atomic E-state index is 13.9. The van der Waals surface area contributed by atoms with E-state index in [1.165, 1.54) is 11.6 Å². The summed E-state index contributed by atoms with van der Waals surface area (Å²) in [7, 11) is 1.74. The number of halogens is 1. The second kappa shape index (κ2) is 9.39. The lowest BCUT2D eigenvalue weighted by Gasteiger charge is -2.21. The van der Waals surface area contributed by atoms with Crippen molar-refractivity contribution in [1.82, 2.24) is 15.6 Å². The Hall–Kier alpha value is -2.83. The zero-order chi connectivity index (χ0) is 19.9. The van der Waals surface area contributed by atoms with Crippen molar-refractivity contribution in [2.75, 3.05) is 31.6 Å². The maximum Gasteiger partial charge on any atom is 0.191 e. The van der Waals surface area contributed by atoms with E-state index in [2.05, 4.69) is 27.5 Å². The molecule has 0 radical (unpaired) electrons. The van der Waals surface area contributed by atoms with Gasteiger partial charge in [-0.15, -0.1) is 0 Å². The van der Waals surface area contributed by atoms with E-state index in [0.29, 0.717) is 24.9 Å². The predicted molar refractivity (Wildman–Crippen MR) is 111 cm³/mol. The van der Waals surface area contributed by atoms with E-state index in [1.54, 1.807) is 19.3 Å². The molecule has 2 heterocycles. The SMILES string of the molecule is CN=C(NCC(C)Oc1ccc(C)cc1)NC1CCN(c2ncccc2F)C1. The summed E-state index contributed by atoms with van der Waals surface area (Å²) in [6.07, 6.45) is 2.50. The van der Waals surface area contributed by atoms with Gasteiger partial charge in [0.1, 0.15) is 11.9 Å². The van der Waals surface area contributed by atoms with Crippen LogP contribution >= 0.6 is 0 Å². The monoisotopic (exact) mass is 385 g/mol. The summed E-state index contributed by atoms with van der Waals surface area (Å²) in [5, 5.41) is 6.70. The molecule has 150 valence electrons. The molecular weight excluding hydrogens is 357 g/mol. The van der Waals surface area contributed by atoms with Crippen LogP contribution in [0.3, 0.4) is 0 Å². The van der Waals surface area contributed by atoms with Crippen molar-refractivity contribution in [3.05, 3.63) is 54.0 Å². The molecule has 7 heteroatoms. The Labute approximate surface area is 165 Å². The number of hydrogen-bond donors (Lipinski definition) is 2. The molecule has 3 rings (SSSR count). The van der Waals surface area contributed by atoms with Crippen LogP contribution in [0, 0.1) is 12.7 Å². The highest BCUT2D eigenvalue weighted by atomic mass is 19.1. The molecule has 1 aliphatic rings. The van der Waals surface area contributed by atoms with E-state index in [4.69, 9.17) is 4.74 Å². The quantitative estimate of drug-likeness (QED) is 0.591. The molecule has 0 saturated carbocycles. The van der Waals surface area contributed by atoms with Crippen molar-refractivity contribution in [2.45, 2.75) is 32.4 Å². The van der Waals surface area contributed by atoms with Gasteiger partial charge in [-0.05, 0) is 44.5 Å². The molecule has 0 bridgehead atoms. The van der Waals surface area contributed by atoms with Gasteiger partial charge >= 0.3 is 0 Å². The van der Waals surface area contributed by atoms with Crippen LogP contribution in [0.2, 0.25) is 0 Å². The molecular formula is C21H28FN5O. The van der Waals surface area contributed by atoms with E-state index >= 15 is 0 Å². The van der Waals surface area contributed by atoms with Gasteiger partial charge in [0, 0.05) is 32.4 Å². The Kier molecular flexibility index (Phi) is 6.68. The molecule has 2 aromatic rings. The van der Waals surface area contributed by atoms with Crippen LogP contribution in [0.4, 0.5) is 10.2 Å². The molecule has 1 saturated heterocycles. The Balaban J connectivity index is 1.46. The molecule has 6 nitrogen and oxygen atoms in total. The molecule has 2 atom stereocenters. The summed E-state index contributed by atoms with van der Waals surface area (Å²) in [5.74, 6) is 1.70.